The first-order valence-electron chi connectivity index (χ1n) is 10.3. The number of halogens is 1. The molecule has 1 aliphatic rings. The van der Waals surface area contributed by atoms with Crippen molar-refractivity contribution in [1.29, 1.82) is 0 Å². The number of amides is 1. The SMILES string of the molecule is Cc1cc(OCC(=O)N2CCN(c3ccc(-c4ccccc4C)nn3)CC2)ccc1Cl. The Labute approximate surface area is 187 Å². The van der Waals surface area contributed by atoms with Crippen molar-refractivity contribution in [3.05, 3.63) is 70.7 Å². The van der Waals surface area contributed by atoms with Gasteiger partial charge in [0.1, 0.15) is 5.75 Å². The summed E-state index contributed by atoms with van der Waals surface area (Å²) >= 11 is 6.03. The molecule has 1 saturated heterocycles. The fourth-order valence-electron chi connectivity index (χ4n) is 3.63. The van der Waals surface area contributed by atoms with Gasteiger partial charge in [0.25, 0.3) is 5.91 Å². The zero-order chi connectivity index (χ0) is 21.8. The van der Waals surface area contributed by atoms with Crippen LogP contribution in [0.4, 0.5) is 5.82 Å². The van der Waals surface area contributed by atoms with E-state index in [9.17, 15) is 4.79 Å². The molecule has 160 valence electrons. The number of aryl methyl sites for hydroxylation is 2. The Morgan fingerprint density at radius 2 is 1.74 bits per heavy atom. The fraction of sp³-hybridized carbons (Fsp3) is 0.292. The number of piperazine rings is 1. The highest BCUT2D eigenvalue weighted by Gasteiger charge is 2.22. The zero-order valence-electron chi connectivity index (χ0n) is 17.7. The summed E-state index contributed by atoms with van der Waals surface area (Å²) in [7, 11) is 0. The van der Waals surface area contributed by atoms with Crippen LogP contribution in [0.1, 0.15) is 11.1 Å². The molecule has 0 atom stereocenters. The molecule has 0 saturated carbocycles. The molecule has 1 amide bonds. The van der Waals surface area contributed by atoms with Crippen LogP contribution in [0.3, 0.4) is 0 Å². The third kappa shape index (κ3) is 4.97. The van der Waals surface area contributed by atoms with Crippen LogP contribution in [0, 0.1) is 13.8 Å². The molecule has 0 spiro atoms. The van der Waals surface area contributed by atoms with Crippen LogP contribution in [0.15, 0.2) is 54.6 Å². The Morgan fingerprint density at radius 1 is 0.968 bits per heavy atom. The van der Waals surface area contributed by atoms with Crippen LogP contribution >= 0.6 is 11.6 Å². The number of nitrogens with zero attached hydrogens (tertiary/aromatic N) is 4. The van der Waals surface area contributed by atoms with Crippen LogP contribution in [-0.2, 0) is 4.79 Å². The number of aromatic nitrogens is 2. The molecular formula is C24H25ClN4O2. The number of ether oxygens (including phenoxy) is 1. The van der Waals surface area contributed by atoms with Gasteiger partial charge in [0.05, 0.1) is 5.69 Å². The van der Waals surface area contributed by atoms with Crippen LogP contribution < -0.4 is 9.64 Å². The topological polar surface area (TPSA) is 58.6 Å². The molecule has 3 aromatic rings. The molecule has 31 heavy (non-hydrogen) atoms. The van der Waals surface area contributed by atoms with Crippen LogP contribution in [0.5, 0.6) is 5.75 Å². The van der Waals surface area contributed by atoms with Gasteiger partial charge < -0.3 is 14.5 Å². The van der Waals surface area contributed by atoms with Gasteiger partial charge in [-0.05, 0) is 55.3 Å². The van der Waals surface area contributed by atoms with Crippen molar-refractivity contribution in [2.75, 3.05) is 37.7 Å². The lowest BCUT2D eigenvalue weighted by Gasteiger charge is -2.35. The number of benzene rings is 2. The summed E-state index contributed by atoms with van der Waals surface area (Å²) < 4.78 is 5.65. The van der Waals surface area contributed by atoms with Gasteiger partial charge in [-0.3, -0.25) is 4.79 Å². The molecule has 0 bridgehead atoms. The van der Waals surface area contributed by atoms with Crippen molar-refractivity contribution < 1.29 is 9.53 Å². The van der Waals surface area contributed by atoms with Gasteiger partial charge in [-0.15, -0.1) is 10.2 Å². The Morgan fingerprint density at radius 3 is 2.42 bits per heavy atom. The van der Waals surface area contributed by atoms with Gasteiger partial charge >= 0.3 is 0 Å². The Bertz CT molecular complexity index is 1060. The number of hydrogen-bond acceptors (Lipinski definition) is 5. The van der Waals surface area contributed by atoms with Crippen molar-refractivity contribution >= 4 is 23.3 Å². The van der Waals surface area contributed by atoms with Gasteiger partial charge in [-0.1, -0.05) is 35.9 Å². The van der Waals surface area contributed by atoms with Crippen molar-refractivity contribution in [2.45, 2.75) is 13.8 Å². The largest absolute Gasteiger partial charge is 0.484 e. The van der Waals surface area contributed by atoms with Gasteiger partial charge in [0, 0.05) is 36.8 Å². The van der Waals surface area contributed by atoms with E-state index in [-0.39, 0.29) is 12.5 Å². The van der Waals surface area contributed by atoms with E-state index in [4.69, 9.17) is 16.3 Å². The second-order valence-electron chi connectivity index (χ2n) is 7.66. The molecular weight excluding hydrogens is 412 g/mol. The van der Waals surface area contributed by atoms with E-state index in [2.05, 4.69) is 34.2 Å². The smallest absolute Gasteiger partial charge is 0.260 e. The van der Waals surface area contributed by atoms with Crippen molar-refractivity contribution in [2.24, 2.45) is 0 Å². The van der Waals surface area contributed by atoms with Gasteiger partial charge in [-0.2, -0.15) is 0 Å². The Kier molecular flexibility index (Phi) is 6.37. The van der Waals surface area contributed by atoms with E-state index in [1.807, 2.05) is 42.2 Å². The van der Waals surface area contributed by atoms with E-state index >= 15 is 0 Å². The normalized spacial score (nSPS) is 13.9. The maximum atomic E-state index is 12.5. The molecule has 1 aromatic heterocycles. The summed E-state index contributed by atoms with van der Waals surface area (Å²) in [4.78, 5) is 16.5. The number of carbonyl (C=O) groups is 1. The molecule has 2 aromatic carbocycles. The van der Waals surface area contributed by atoms with Crippen molar-refractivity contribution in [3.8, 4) is 17.0 Å². The summed E-state index contributed by atoms with van der Waals surface area (Å²) in [5, 5.41) is 9.52. The molecule has 1 fully saturated rings. The lowest BCUT2D eigenvalue weighted by molar-refractivity contribution is -0.133. The minimum absolute atomic E-state index is 0.0198. The van der Waals surface area contributed by atoms with E-state index in [1.54, 1.807) is 12.1 Å². The lowest BCUT2D eigenvalue weighted by Crippen LogP contribution is -2.50. The quantitative estimate of drug-likeness (QED) is 0.601. The maximum Gasteiger partial charge on any atom is 0.260 e. The van der Waals surface area contributed by atoms with Gasteiger partial charge in [-0.25, -0.2) is 0 Å². The van der Waals surface area contributed by atoms with E-state index in [0.29, 0.717) is 37.0 Å². The van der Waals surface area contributed by atoms with E-state index < -0.39 is 0 Å². The molecule has 0 N–H and O–H groups in total. The summed E-state index contributed by atoms with van der Waals surface area (Å²) in [5.41, 5.74) is 4.06. The van der Waals surface area contributed by atoms with Gasteiger partial charge in [0.15, 0.2) is 12.4 Å². The number of anilines is 1. The first-order chi connectivity index (χ1) is 15.0. The molecule has 0 unspecified atom stereocenters. The monoisotopic (exact) mass is 436 g/mol. The second-order valence-corrected chi connectivity index (χ2v) is 8.07. The first kappa shape index (κ1) is 21.1. The highest BCUT2D eigenvalue weighted by atomic mass is 35.5. The summed E-state index contributed by atoms with van der Waals surface area (Å²) in [6.45, 7) is 6.68. The third-order valence-electron chi connectivity index (χ3n) is 5.52. The number of rotatable bonds is 5. The minimum Gasteiger partial charge on any atom is -0.484 e. The predicted octanol–water partition coefficient (Wildman–Crippen LogP) is 4.14. The first-order valence-corrected chi connectivity index (χ1v) is 10.7. The Balaban J connectivity index is 1.30. The lowest BCUT2D eigenvalue weighted by atomic mass is 10.1. The molecule has 2 heterocycles. The molecule has 1 aliphatic heterocycles. The molecule has 0 aliphatic carbocycles. The van der Waals surface area contributed by atoms with Crippen LogP contribution in [-0.4, -0.2) is 53.8 Å². The number of carbonyl (C=O) groups excluding carboxylic acids is 1. The summed E-state index contributed by atoms with van der Waals surface area (Å²) in [6.07, 6.45) is 0. The van der Waals surface area contributed by atoms with Crippen molar-refractivity contribution in [3.63, 3.8) is 0 Å². The van der Waals surface area contributed by atoms with Crippen molar-refractivity contribution in [1.82, 2.24) is 15.1 Å². The predicted molar refractivity (Wildman–Crippen MR) is 123 cm³/mol. The highest BCUT2D eigenvalue weighted by molar-refractivity contribution is 6.31. The molecule has 7 heteroatoms. The Hall–Kier alpha value is -3.12. The third-order valence-corrected chi connectivity index (χ3v) is 5.94. The summed E-state index contributed by atoms with van der Waals surface area (Å²) in [5.74, 6) is 1.46. The van der Waals surface area contributed by atoms with Crippen LogP contribution in [0.2, 0.25) is 5.02 Å². The standard InChI is InChI=1S/C24H25ClN4O2/c1-17-5-3-4-6-20(17)22-9-10-23(27-26-22)28-11-13-29(14-12-28)24(30)16-31-19-7-8-21(25)18(2)15-19/h3-10,15H,11-14,16H2,1-2H3. The highest BCUT2D eigenvalue weighted by Crippen LogP contribution is 2.23. The average molecular weight is 437 g/mol. The van der Waals surface area contributed by atoms with E-state index in [0.717, 1.165) is 22.6 Å². The molecule has 4 rings (SSSR count). The van der Waals surface area contributed by atoms with Gasteiger partial charge in [0.2, 0.25) is 0 Å². The summed E-state index contributed by atoms with van der Waals surface area (Å²) in [6, 6.07) is 17.5. The fourth-order valence-corrected chi connectivity index (χ4v) is 3.74. The zero-order valence-corrected chi connectivity index (χ0v) is 18.5. The number of hydrogen-bond donors (Lipinski definition) is 0. The molecule has 6 nitrogen and oxygen atoms in total. The van der Waals surface area contributed by atoms with Crippen LogP contribution in [0.25, 0.3) is 11.3 Å². The van der Waals surface area contributed by atoms with E-state index in [1.165, 1.54) is 5.56 Å². The maximum absolute atomic E-state index is 12.5. The molecule has 0 radical (unpaired) electrons. The second kappa shape index (κ2) is 9.35. The minimum atomic E-state index is -0.0202. The average Bonchev–Trinajstić information content (AvgIpc) is 2.80.